The van der Waals surface area contributed by atoms with Crippen LogP contribution < -0.4 is 20.3 Å². The molecule has 7 heteroatoms. The van der Waals surface area contributed by atoms with Gasteiger partial charge in [0, 0.05) is 11.9 Å². The lowest BCUT2D eigenvalue weighted by Gasteiger charge is -2.26. The molecule has 0 atom stereocenters. The standard InChI is InChI=1S/C28H44N2O5/c1-9-11-15-33-20-13-14-21-22(17-20)24(34-16-12-10-2)23(18-29-26(32)35-28(6,7)8)30(25(21)31)19-27(3,4)5/h13-14,17H,9-12,15-16,18-19H2,1-8H3,(H,29,32). The summed E-state index contributed by atoms with van der Waals surface area (Å²) in [5, 5.41) is 4.10. The number of benzene rings is 1. The summed E-state index contributed by atoms with van der Waals surface area (Å²) in [5.74, 6) is 1.31. The van der Waals surface area contributed by atoms with Gasteiger partial charge < -0.3 is 24.1 Å². The highest BCUT2D eigenvalue weighted by Gasteiger charge is 2.24. The molecule has 7 nitrogen and oxygen atoms in total. The van der Waals surface area contributed by atoms with Crippen molar-refractivity contribution in [1.29, 1.82) is 0 Å². The number of aromatic nitrogens is 1. The molecule has 0 aliphatic rings. The number of fused-ring (bicyclic) bond motifs is 1. The van der Waals surface area contributed by atoms with E-state index < -0.39 is 11.7 Å². The van der Waals surface area contributed by atoms with Crippen molar-refractivity contribution in [2.75, 3.05) is 13.2 Å². The Morgan fingerprint density at radius 2 is 1.57 bits per heavy atom. The maximum absolute atomic E-state index is 13.7. The summed E-state index contributed by atoms with van der Waals surface area (Å²) in [7, 11) is 0. The molecule has 0 radical (unpaired) electrons. The van der Waals surface area contributed by atoms with Gasteiger partial charge in [0.1, 0.15) is 17.1 Å². The van der Waals surface area contributed by atoms with E-state index in [-0.39, 0.29) is 17.5 Å². The second kappa shape index (κ2) is 12.3. The third kappa shape index (κ3) is 8.79. The first-order valence-electron chi connectivity index (χ1n) is 12.8. The van der Waals surface area contributed by atoms with Crippen LogP contribution in [0.1, 0.15) is 86.8 Å². The highest BCUT2D eigenvalue weighted by Crippen LogP contribution is 2.33. The summed E-state index contributed by atoms with van der Waals surface area (Å²) in [6, 6.07) is 5.54. The number of unbranched alkanes of at least 4 members (excludes halogenated alkanes) is 2. The van der Waals surface area contributed by atoms with E-state index >= 15 is 0 Å². The Morgan fingerprint density at radius 1 is 0.943 bits per heavy atom. The van der Waals surface area contributed by atoms with Crippen molar-refractivity contribution in [2.24, 2.45) is 5.41 Å². The average Bonchev–Trinajstić information content (AvgIpc) is 2.74. The Labute approximate surface area is 210 Å². The van der Waals surface area contributed by atoms with Gasteiger partial charge in [0.2, 0.25) is 0 Å². The lowest BCUT2D eigenvalue weighted by Crippen LogP contribution is -2.36. The number of pyridine rings is 1. The summed E-state index contributed by atoms with van der Waals surface area (Å²) in [5.41, 5.74) is -0.268. The van der Waals surface area contributed by atoms with Crippen LogP contribution in [0.4, 0.5) is 4.79 Å². The molecule has 0 saturated heterocycles. The summed E-state index contributed by atoms with van der Waals surface area (Å²) in [6.07, 6.45) is 3.32. The van der Waals surface area contributed by atoms with Gasteiger partial charge in [-0.15, -0.1) is 0 Å². The molecule has 1 aromatic carbocycles. The highest BCUT2D eigenvalue weighted by atomic mass is 16.6. The Kier molecular flexibility index (Phi) is 10.0. The van der Waals surface area contributed by atoms with Crippen LogP contribution in [0.3, 0.4) is 0 Å². The van der Waals surface area contributed by atoms with Crippen molar-refractivity contribution >= 4 is 16.9 Å². The van der Waals surface area contributed by atoms with Crippen molar-refractivity contribution in [3.63, 3.8) is 0 Å². The van der Waals surface area contributed by atoms with Gasteiger partial charge in [-0.2, -0.15) is 0 Å². The van der Waals surface area contributed by atoms with Crippen LogP contribution in [0.15, 0.2) is 23.0 Å². The highest BCUT2D eigenvalue weighted by molar-refractivity contribution is 5.90. The fraction of sp³-hybridized carbons (Fsp3) is 0.643. The average molecular weight is 489 g/mol. The molecule has 1 aromatic heterocycles. The zero-order valence-corrected chi connectivity index (χ0v) is 22.9. The quantitative estimate of drug-likeness (QED) is 0.369. The normalized spacial score (nSPS) is 12.0. The van der Waals surface area contributed by atoms with E-state index in [9.17, 15) is 9.59 Å². The molecule has 1 N–H and O–H groups in total. The van der Waals surface area contributed by atoms with Crippen LogP contribution in [-0.2, 0) is 17.8 Å². The molecule has 2 rings (SSSR count). The number of nitrogens with one attached hydrogen (secondary N) is 1. The summed E-state index contributed by atoms with van der Waals surface area (Å²) in [4.78, 5) is 26.1. The van der Waals surface area contributed by atoms with Crippen LogP contribution >= 0.6 is 0 Å². The van der Waals surface area contributed by atoms with Gasteiger partial charge in [-0.3, -0.25) is 4.79 Å². The molecule has 0 spiro atoms. The van der Waals surface area contributed by atoms with Crippen LogP contribution in [-0.4, -0.2) is 29.5 Å². The first-order chi connectivity index (χ1) is 16.4. The molecule has 0 bridgehead atoms. The number of hydrogen-bond donors (Lipinski definition) is 1. The number of ether oxygens (including phenoxy) is 3. The Balaban J connectivity index is 2.65. The largest absolute Gasteiger partial charge is 0.494 e. The van der Waals surface area contributed by atoms with E-state index in [0.29, 0.717) is 47.7 Å². The van der Waals surface area contributed by atoms with Crippen molar-refractivity contribution in [3.05, 3.63) is 34.2 Å². The van der Waals surface area contributed by atoms with E-state index in [1.54, 1.807) is 4.57 Å². The number of hydrogen-bond acceptors (Lipinski definition) is 5. The molecule has 2 aromatic rings. The predicted octanol–water partition coefficient (Wildman–Crippen LogP) is 6.43. The van der Waals surface area contributed by atoms with Gasteiger partial charge in [0.25, 0.3) is 5.56 Å². The van der Waals surface area contributed by atoms with Crippen molar-refractivity contribution in [1.82, 2.24) is 9.88 Å². The molecule has 1 amide bonds. The molecule has 1 heterocycles. The maximum atomic E-state index is 13.7. The number of rotatable bonds is 11. The van der Waals surface area contributed by atoms with E-state index in [4.69, 9.17) is 14.2 Å². The van der Waals surface area contributed by atoms with Crippen molar-refractivity contribution in [2.45, 2.75) is 99.8 Å². The third-order valence-electron chi connectivity index (χ3n) is 5.24. The second-order valence-corrected chi connectivity index (χ2v) is 11.2. The van der Waals surface area contributed by atoms with Gasteiger partial charge in [-0.25, -0.2) is 4.79 Å². The number of amides is 1. The number of carbonyl (C=O) groups excluding carboxylic acids is 1. The minimum atomic E-state index is -0.621. The molecular weight excluding hydrogens is 444 g/mol. The van der Waals surface area contributed by atoms with E-state index in [1.165, 1.54) is 0 Å². The Bertz CT molecular complexity index is 1040. The molecular formula is C28H44N2O5. The Hall–Kier alpha value is -2.70. The molecule has 35 heavy (non-hydrogen) atoms. The SMILES string of the molecule is CCCCOc1ccc2c(=O)n(CC(C)(C)C)c(CNC(=O)OC(C)(C)C)c(OCCCC)c2c1. The van der Waals surface area contributed by atoms with Crippen molar-refractivity contribution in [3.8, 4) is 11.5 Å². The fourth-order valence-corrected chi connectivity index (χ4v) is 3.63. The summed E-state index contributed by atoms with van der Waals surface area (Å²) >= 11 is 0. The smallest absolute Gasteiger partial charge is 0.407 e. The minimum absolute atomic E-state index is 0.110. The van der Waals surface area contributed by atoms with E-state index in [1.807, 2.05) is 39.0 Å². The molecule has 0 unspecified atom stereocenters. The lowest BCUT2D eigenvalue weighted by atomic mass is 9.96. The second-order valence-electron chi connectivity index (χ2n) is 11.2. The third-order valence-corrected chi connectivity index (χ3v) is 5.24. The number of nitrogens with zero attached hydrogens (tertiary/aromatic N) is 1. The zero-order chi connectivity index (χ0) is 26.2. The van der Waals surface area contributed by atoms with Gasteiger partial charge in [-0.05, 0) is 57.2 Å². The first kappa shape index (κ1) is 28.5. The van der Waals surface area contributed by atoms with E-state index in [2.05, 4.69) is 39.9 Å². The predicted molar refractivity (Wildman–Crippen MR) is 142 cm³/mol. The summed E-state index contributed by atoms with van der Waals surface area (Å²) in [6.45, 7) is 17.6. The van der Waals surface area contributed by atoms with Crippen LogP contribution in [0.5, 0.6) is 11.5 Å². The van der Waals surface area contributed by atoms with Crippen LogP contribution in [0.25, 0.3) is 10.8 Å². The van der Waals surface area contributed by atoms with Gasteiger partial charge >= 0.3 is 6.09 Å². The van der Waals surface area contributed by atoms with Crippen LogP contribution in [0, 0.1) is 5.41 Å². The van der Waals surface area contributed by atoms with Crippen molar-refractivity contribution < 1.29 is 19.0 Å². The Morgan fingerprint density at radius 3 is 2.14 bits per heavy atom. The number of carbonyl (C=O) groups is 1. The lowest BCUT2D eigenvalue weighted by molar-refractivity contribution is 0.0521. The molecule has 0 aliphatic heterocycles. The number of alkyl carbamates (subject to hydrolysis) is 1. The first-order valence-corrected chi connectivity index (χ1v) is 12.8. The van der Waals surface area contributed by atoms with Gasteiger partial charge in [0.05, 0.1) is 30.8 Å². The minimum Gasteiger partial charge on any atom is -0.494 e. The zero-order valence-electron chi connectivity index (χ0n) is 22.9. The molecule has 0 fully saturated rings. The van der Waals surface area contributed by atoms with Crippen LogP contribution in [0.2, 0.25) is 0 Å². The molecule has 196 valence electrons. The van der Waals surface area contributed by atoms with Gasteiger partial charge in [-0.1, -0.05) is 47.5 Å². The van der Waals surface area contributed by atoms with Gasteiger partial charge in [0.15, 0.2) is 0 Å². The topological polar surface area (TPSA) is 78.8 Å². The monoisotopic (exact) mass is 488 g/mol. The maximum Gasteiger partial charge on any atom is 0.407 e. The fourth-order valence-electron chi connectivity index (χ4n) is 3.63. The molecule has 0 aliphatic carbocycles. The summed E-state index contributed by atoms with van der Waals surface area (Å²) < 4.78 is 19.4. The van der Waals surface area contributed by atoms with E-state index in [0.717, 1.165) is 25.7 Å². The molecule has 0 saturated carbocycles.